The second-order valence-electron chi connectivity index (χ2n) is 3.84. The lowest BCUT2D eigenvalue weighted by atomic mass is 9.94. The minimum Gasteiger partial charge on any atom is -0.481 e. The molecule has 0 radical (unpaired) electrons. The van der Waals surface area contributed by atoms with Crippen molar-refractivity contribution in [1.29, 1.82) is 0 Å². The van der Waals surface area contributed by atoms with Gasteiger partial charge in [0.25, 0.3) is 5.69 Å². The van der Waals surface area contributed by atoms with Gasteiger partial charge in [0.1, 0.15) is 11.7 Å². The van der Waals surface area contributed by atoms with Crippen molar-refractivity contribution in [1.82, 2.24) is 0 Å². The zero-order chi connectivity index (χ0) is 13.7. The van der Waals surface area contributed by atoms with E-state index in [-0.39, 0.29) is 24.3 Å². The van der Waals surface area contributed by atoms with E-state index in [9.17, 15) is 19.7 Å². The number of Topliss-reactive ketones (excluding diaryl/α,β-unsaturated/α-hetero) is 1. The lowest BCUT2D eigenvalue weighted by molar-refractivity contribution is -0.384. The van der Waals surface area contributed by atoms with Gasteiger partial charge in [-0.2, -0.15) is 0 Å². The molecule has 1 rings (SSSR count). The average Bonchev–Trinajstić information content (AvgIpc) is 2.35. The van der Waals surface area contributed by atoms with Crippen LogP contribution < -0.4 is 0 Å². The summed E-state index contributed by atoms with van der Waals surface area (Å²) in [6.45, 7) is 1.61. The van der Waals surface area contributed by atoms with Crippen molar-refractivity contribution < 1.29 is 19.6 Å². The smallest absolute Gasteiger partial charge is 0.314 e. The van der Waals surface area contributed by atoms with Crippen LogP contribution in [0.4, 0.5) is 5.69 Å². The van der Waals surface area contributed by atoms with Gasteiger partial charge in [0.15, 0.2) is 0 Å². The fourth-order valence-electron chi connectivity index (χ4n) is 1.57. The first-order valence-corrected chi connectivity index (χ1v) is 5.44. The second-order valence-corrected chi connectivity index (χ2v) is 3.84. The fraction of sp³-hybridized carbons (Fsp3) is 0.333. The Morgan fingerprint density at radius 2 is 1.89 bits per heavy atom. The van der Waals surface area contributed by atoms with Crippen LogP contribution in [0.15, 0.2) is 24.3 Å². The number of non-ortho nitro benzene ring substituents is 1. The molecule has 0 aliphatic heterocycles. The largest absolute Gasteiger partial charge is 0.481 e. The van der Waals surface area contributed by atoms with Gasteiger partial charge in [0.05, 0.1) is 4.92 Å². The molecule has 0 saturated heterocycles. The summed E-state index contributed by atoms with van der Waals surface area (Å²) in [6.07, 6.45) is 0.212. The van der Waals surface area contributed by atoms with E-state index in [2.05, 4.69) is 0 Å². The van der Waals surface area contributed by atoms with Crippen LogP contribution >= 0.6 is 0 Å². The van der Waals surface area contributed by atoms with Crippen molar-refractivity contribution in [3.63, 3.8) is 0 Å². The third-order valence-electron chi connectivity index (χ3n) is 2.62. The van der Waals surface area contributed by atoms with Gasteiger partial charge in [0.2, 0.25) is 0 Å². The van der Waals surface area contributed by atoms with Gasteiger partial charge in [-0.3, -0.25) is 19.7 Å². The standard InChI is InChI=1S/C12H13NO5/c1-2-11(14)10(12(15)16)7-8-3-5-9(6-4-8)13(17)18/h3-6,10H,2,7H2,1H3,(H,15,16). The number of carbonyl (C=O) groups is 2. The van der Waals surface area contributed by atoms with Crippen LogP contribution in [0.1, 0.15) is 18.9 Å². The third-order valence-corrected chi connectivity index (χ3v) is 2.62. The summed E-state index contributed by atoms with van der Waals surface area (Å²) in [7, 11) is 0. The maximum Gasteiger partial charge on any atom is 0.314 e. The molecule has 0 aliphatic carbocycles. The predicted molar refractivity (Wildman–Crippen MR) is 63.2 cm³/mol. The maximum absolute atomic E-state index is 11.4. The Morgan fingerprint density at radius 1 is 1.33 bits per heavy atom. The van der Waals surface area contributed by atoms with Crippen molar-refractivity contribution in [3.05, 3.63) is 39.9 Å². The van der Waals surface area contributed by atoms with Crippen LogP contribution in [0.2, 0.25) is 0 Å². The lowest BCUT2D eigenvalue weighted by Crippen LogP contribution is -2.25. The normalized spacial score (nSPS) is 11.8. The number of carboxylic acids is 1. The summed E-state index contributed by atoms with van der Waals surface area (Å²) < 4.78 is 0. The molecule has 1 unspecified atom stereocenters. The number of carboxylic acid groups (broad SMARTS) is 1. The van der Waals surface area contributed by atoms with E-state index in [4.69, 9.17) is 5.11 Å². The van der Waals surface area contributed by atoms with Gasteiger partial charge >= 0.3 is 5.97 Å². The zero-order valence-electron chi connectivity index (χ0n) is 9.83. The summed E-state index contributed by atoms with van der Waals surface area (Å²) in [5, 5.41) is 19.4. The highest BCUT2D eigenvalue weighted by Crippen LogP contribution is 2.16. The minimum atomic E-state index is -1.17. The molecule has 1 aromatic rings. The van der Waals surface area contributed by atoms with Crippen LogP contribution in [-0.4, -0.2) is 21.8 Å². The average molecular weight is 251 g/mol. The second kappa shape index (κ2) is 5.90. The van der Waals surface area contributed by atoms with Crippen LogP contribution in [0.5, 0.6) is 0 Å². The Morgan fingerprint density at radius 3 is 2.28 bits per heavy atom. The van der Waals surface area contributed by atoms with Crippen molar-refractivity contribution >= 4 is 17.4 Å². The van der Waals surface area contributed by atoms with Crippen LogP contribution in [0.3, 0.4) is 0 Å². The summed E-state index contributed by atoms with van der Waals surface area (Å²) in [4.78, 5) is 32.3. The van der Waals surface area contributed by atoms with E-state index in [0.29, 0.717) is 5.56 Å². The number of hydrogen-bond acceptors (Lipinski definition) is 4. The molecule has 1 atom stereocenters. The minimum absolute atomic E-state index is 0.0556. The van der Waals surface area contributed by atoms with Crippen molar-refractivity contribution in [2.45, 2.75) is 19.8 Å². The quantitative estimate of drug-likeness (QED) is 0.472. The van der Waals surface area contributed by atoms with Crippen LogP contribution in [0, 0.1) is 16.0 Å². The molecule has 0 saturated carbocycles. The number of nitro benzene ring substituents is 1. The van der Waals surface area contributed by atoms with E-state index in [1.807, 2.05) is 0 Å². The highest BCUT2D eigenvalue weighted by atomic mass is 16.6. The molecule has 0 spiro atoms. The van der Waals surface area contributed by atoms with E-state index in [1.54, 1.807) is 6.92 Å². The summed E-state index contributed by atoms with van der Waals surface area (Å²) in [5.41, 5.74) is 0.530. The predicted octanol–water partition coefficient (Wildman–Crippen LogP) is 1.82. The highest BCUT2D eigenvalue weighted by molar-refractivity contribution is 5.98. The Hall–Kier alpha value is -2.24. The molecule has 96 valence electrons. The number of aliphatic carboxylic acids is 1. The van der Waals surface area contributed by atoms with E-state index in [1.165, 1.54) is 24.3 Å². The van der Waals surface area contributed by atoms with Crippen LogP contribution in [0.25, 0.3) is 0 Å². The molecule has 0 heterocycles. The molecule has 1 N–H and O–H groups in total. The number of benzene rings is 1. The van der Waals surface area contributed by atoms with E-state index < -0.39 is 16.8 Å². The molecule has 0 bridgehead atoms. The molecule has 0 amide bonds. The highest BCUT2D eigenvalue weighted by Gasteiger charge is 2.24. The summed E-state index contributed by atoms with van der Waals surface area (Å²) in [5.74, 6) is -2.60. The number of nitro groups is 1. The number of hydrogen-bond donors (Lipinski definition) is 1. The summed E-state index contributed by atoms with van der Waals surface area (Å²) in [6, 6.07) is 5.53. The molecule has 6 heteroatoms. The Kier molecular flexibility index (Phi) is 4.53. The molecule has 1 aromatic carbocycles. The van der Waals surface area contributed by atoms with Gasteiger partial charge in [-0.15, -0.1) is 0 Å². The number of carbonyl (C=O) groups excluding carboxylic acids is 1. The first kappa shape index (κ1) is 13.8. The summed E-state index contributed by atoms with van der Waals surface area (Å²) >= 11 is 0. The Bertz CT molecular complexity index is 466. The van der Waals surface area contributed by atoms with E-state index in [0.717, 1.165) is 0 Å². The topological polar surface area (TPSA) is 97.5 Å². The number of rotatable bonds is 6. The van der Waals surface area contributed by atoms with Gasteiger partial charge in [0, 0.05) is 18.6 Å². The van der Waals surface area contributed by atoms with Crippen molar-refractivity contribution in [3.8, 4) is 0 Å². The molecule has 0 fully saturated rings. The Labute approximate surface area is 103 Å². The number of nitrogens with zero attached hydrogens (tertiary/aromatic N) is 1. The molecule has 6 nitrogen and oxygen atoms in total. The molecule has 18 heavy (non-hydrogen) atoms. The molecule has 0 aliphatic rings. The first-order valence-electron chi connectivity index (χ1n) is 5.44. The Balaban J connectivity index is 2.85. The monoisotopic (exact) mass is 251 g/mol. The third kappa shape index (κ3) is 3.38. The fourth-order valence-corrected chi connectivity index (χ4v) is 1.57. The van der Waals surface area contributed by atoms with Gasteiger partial charge in [-0.1, -0.05) is 19.1 Å². The van der Waals surface area contributed by atoms with Gasteiger partial charge in [-0.05, 0) is 12.0 Å². The zero-order valence-corrected chi connectivity index (χ0v) is 9.83. The van der Waals surface area contributed by atoms with Gasteiger partial charge in [-0.25, -0.2) is 0 Å². The SMILES string of the molecule is CCC(=O)C(Cc1ccc([N+](=O)[O-])cc1)C(=O)O. The van der Waals surface area contributed by atoms with Gasteiger partial charge < -0.3 is 5.11 Å². The first-order chi connectivity index (χ1) is 8.45. The van der Waals surface area contributed by atoms with E-state index >= 15 is 0 Å². The molecule has 0 aromatic heterocycles. The molecular weight excluding hydrogens is 238 g/mol. The number of ketones is 1. The maximum atomic E-state index is 11.4. The lowest BCUT2D eigenvalue weighted by Gasteiger charge is -2.09. The van der Waals surface area contributed by atoms with Crippen molar-refractivity contribution in [2.75, 3.05) is 0 Å². The molecular formula is C12H13NO5. The van der Waals surface area contributed by atoms with Crippen molar-refractivity contribution in [2.24, 2.45) is 5.92 Å². The van der Waals surface area contributed by atoms with Crippen LogP contribution in [-0.2, 0) is 16.0 Å².